The van der Waals surface area contributed by atoms with Crippen LogP contribution in [0.4, 0.5) is 4.39 Å². The molecule has 2 aromatic carbocycles. The van der Waals surface area contributed by atoms with Crippen LogP contribution in [-0.4, -0.2) is 41.0 Å². The first-order valence-corrected chi connectivity index (χ1v) is 17.3. The van der Waals surface area contributed by atoms with Crippen LogP contribution < -0.4 is 4.74 Å². The summed E-state index contributed by atoms with van der Waals surface area (Å²) in [6.07, 6.45) is 5.27. The maximum absolute atomic E-state index is 14.9. The van der Waals surface area contributed by atoms with Gasteiger partial charge in [-0.25, -0.2) is 4.39 Å². The Labute approximate surface area is 240 Å². The SMILES string of the molecule is CC[P@@](C)(=O)C[C@@H](c1cccc(OCc2ccc(-c3cc(C)ncc3F)c(CN(C(C)C)C(C)C)c2)c1)C1CC1. The normalized spacial score (nSPS) is 16.0. The van der Waals surface area contributed by atoms with Crippen molar-refractivity contribution in [3.05, 3.63) is 82.9 Å². The van der Waals surface area contributed by atoms with E-state index in [9.17, 15) is 8.96 Å². The summed E-state index contributed by atoms with van der Waals surface area (Å²) in [6.45, 7) is 15.8. The van der Waals surface area contributed by atoms with Crippen molar-refractivity contribution in [1.29, 1.82) is 0 Å². The topological polar surface area (TPSA) is 42.4 Å². The Hall–Kier alpha value is -2.49. The maximum atomic E-state index is 14.9. The summed E-state index contributed by atoms with van der Waals surface area (Å²) in [7, 11) is -2.13. The number of aromatic nitrogens is 1. The van der Waals surface area contributed by atoms with E-state index in [2.05, 4.69) is 61.8 Å². The molecule has 0 unspecified atom stereocenters. The molecule has 40 heavy (non-hydrogen) atoms. The highest BCUT2D eigenvalue weighted by Crippen LogP contribution is 2.52. The van der Waals surface area contributed by atoms with Crippen LogP contribution in [0.1, 0.15) is 75.8 Å². The molecule has 0 saturated heterocycles. The minimum absolute atomic E-state index is 0.307. The van der Waals surface area contributed by atoms with Gasteiger partial charge in [0, 0.05) is 36.0 Å². The smallest absolute Gasteiger partial charge is 0.149 e. The summed E-state index contributed by atoms with van der Waals surface area (Å²) >= 11 is 0. The Kier molecular flexibility index (Phi) is 9.90. The molecule has 4 rings (SSSR count). The highest BCUT2D eigenvalue weighted by molar-refractivity contribution is 7.63. The second kappa shape index (κ2) is 13.0. The molecule has 0 spiro atoms. The summed E-state index contributed by atoms with van der Waals surface area (Å²) in [4.78, 5) is 6.55. The van der Waals surface area contributed by atoms with Gasteiger partial charge in [0.1, 0.15) is 18.2 Å². The molecule has 4 nitrogen and oxygen atoms in total. The van der Waals surface area contributed by atoms with Gasteiger partial charge in [0.2, 0.25) is 0 Å². The predicted octanol–water partition coefficient (Wildman–Crippen LogP) is 8.90. The molecule has 1 aromatic heterocycles. The summed E-state index contributed by atoms with van der Waals surface area (Å²) in [5, 5.41) is 0. The Balaban J connectivity index is 1.59. The molecule has 1 aliphatic carbocycles. The van der Waals surface area contributed by atoms with E-state index in [0.29, 0.717) is 42.6 Å². The van der Waals surface area contributed by atoms with Gasteiger partial charge in [0.15, 0.2) is 0 Å². The summed E-state index contributed by atoms with van der Waals surface area (Å²) in [6, 6.07) is 17.1. The Morgan fingerprint density at radius 2 is 1.77 bits per heavy atom. The molecule has 1 fully saturated rings. The fourth-order valence-corrected chi connectivity index (χ4v) is 7.21. The molecule has 0 aliphatic heterocycles. The first-order chi connectivity index (χ1) is 19.0. The van der Waals surface area contributed by atoms with Crippen molar-refractivity contribution >= 4 is 7.14 Å². The monoisotopic (exact) mass is 564 g/mol. The van der Waals surface area contributed by atoms with Crippen LogP contribution in [0.25, 0.3) is 11.1 Å². The van der Waals surface area contributed by atoms with Crippen LogP contribution in [0, 0.1) is 18.7 Å². The first-order valence-electron chi connectivity index (χ1n) is 14.8. The van der Waals surface area contributed by atoms with Crippen LogP contribution in [0.15, 0.2) is 54.7 Å². The fourth-order valence-electron chi connectivity index (χ4n) is 5.61. The predicted molar refractivity (Wildman–Crippen MR) is 165 cm³/mol. The minimum Gasteiger partial charge on any atom is -0.489 e. The van der Waals surface area contributed by atoms with E-state index >= 15 is 0 Å². The van der Waals surface area contributed by atoms with E-state index < -0.39 is 7.14 Å². The van der Waals surface area contributed by atoms with Gasteiger partial charge in [-0.3, -0.25) is 9.88 Å². The maximum Gasteiger partial charge on any atom is 0.149 e. The van der Waals surface area contributed by atoms with Gasteiger partial charge >= 0.3 is 0 Å². The largest absolute Gasteiger partial charge is 0.489 e. The second-order valence-corrected chi connectivity index (χ2v) is 15.8. The van der Waals surface area contributed by atoms with Crippen molar-refractivity contribution in [2.24, 2.45) is 5.92 Å². The van der Waals surface area contributed by atoms with Crippen LogP contribution in [0.2, 0.25) is 0 Å². The van der Waals surface area contributed by atoms with Gasteiger partial charge < -0.3 is 9.30 Å². The zero-order chi connectivity index (χ0) is 29.0. The lowest BCUT2D eigenvalue weighted by molar-refractivity contribution is 0.166. The molecule has 6 heteroatoms. The average Bonchev–Trinajstić information content (AvgIpc) is 3.76. The van der Waals surface area contributed by atoms with E-state index in [0.717, 1.165) is 40.5 Å². The van der Waals surface area contributed by atoms with E-state index in [1.54, 1.807) is 0 Å². The highest BCUT2D eigenvalue weighted by atomic mass is 31.2. The van der Waals surface area contributed by atoms with Crippen LogP contribution >= 0.6 is 7.14 Å². The highest BCUT2D eigenvalue weighted by Gasteiger charge is 2.35. The summed E-state index contributed by atoms with van der Waals surface area (Å²) in [5.74, 6) is 1.49. The van der Waals surface area contributed by atoms with E-state index in [1.807, 2.05) is 44.8 Å². The quantitative estimate of drug-likeness (QED) is 0.194. The van der Waals surface area contributed by atoms with Gasteiger partial charge in [-0.2, -0.15) is 0 Å². The zero-order valence-electron chi connectivity index (χ0n) is 25.3. The number of rotatable bonds is 13. The third kappa shape index (κ3) is 7.83. The fraction of sp³-hybridized carbons (Fsp3) is 0.500. The third-order valence-corrected chi connectivity index (χ3v) is 10.8. The van der Waals surface area contributed by atoms with Crippen molar-refractivity contribution in [1.82, 2.24) is 9.88 Å². The van der Waals surface area contributed by atoms with Gasteiger partial charge in [-0.1, -0.05) is 37.3 Å². The molecule has 1 heterocycles. The van der Waals surface area contributed by atoms with Gasteiger partial charge in [-0.15, -0.1) is 0 Å². The number of benzene rings is 2. The van der Waals surface area contributed by atoms with Crippen molar-refractivity contribution < 1.29 is 13.7 Å². The van der Waals surface area contributed by atoms with Gasteiger partial charge in [0.05, 0.1) is 13.3 Å². The second-order valence-electron chi connectivity index (χ2n) is 12.3. The molecule has 216 valence electrons. The molecule has 0 N–H and O–H groups in total. The van der Waals surface area contributed by atoms with Crippen LogP contribution in [0.3, 0.4) is 0 Å². The molecule has 1 aliphatic rings. The van der Waals surface area contributed by atoms with Crippen molar-refractivity contribution in [3.8, 4) is 16.9 Å². The standard InChI is InChI=1S/C34H46FN2O2P/c1-8-40(7,38)22-33(27-13-14-27)28-10-9-11-30(18-28)39-21-26-12-15-31(32-16-25(6)36-19-34(32)35)29(17-26)20-37(23(2)3)24(4)5/h9-12,15-19,23-24,27,33H,8,13-14,20-22H2,1-7H3/t33-,40-/m1/s1. The number of hydrogen-bond donors (Lipinski definition) is 0. The number of nitrogens with zero attached hydrogens (tertiary/aromatic N) is 2. The lowest BCUT2D eigenvalue weighted by Gasteiger charge is -2.31. The first kappa shape index (κ1) is 30.5. The number of hydrogen-bond acceptors (Lipinski definition) is 4. The van der Waals surface area contributed by atoms with Crippen molar-refractivity contribution in [3.63, 3.8) is 0 Å². The summed E-state index contributed by atoms with van der Waals surface area (Å²) in [5.41, 5.74) is 5.63. The summed E-state index contributed by atoms with van der Waals surface area (Å²) < 4.78 is 34.2. The molecule has 3 aromatic rings. The molecule has 0 radical (unpaired) electrons. The Bertz CT molecular complexity index is 1340. The molecule has 0 amide bonds. The van der Waals surface area contributed by atoms with Crippen molar-refractivity contribution in [2.45, 2.75) is 85.5 Å². The lowest BCUT2D eigenvalue weighted by atomic mass is 9.96. The average molecular weight is 565 g/mol. The molecule has 1 saturated carbocycles. The Morgan fingerprint density at radius 1 is 1.05 bits per heavy atom. The molecule has 0 bridgehead atoms. The van der Waals surface area contributed by atoms with Gasteiger partial charge in [0.25, 0.3) is 0 Å². The number of ether oxygens (including phenoxy) is 1. The minimum atomic E-state index is -2.13. The lowest BCUT2D eigenvalue weighted by Crippen LogP contribution is -2.36. The zero-order valence-corrected chi connectivity index (χ0v) is 26.2. The van der Waals surface area contributed by atoms with Crippen LogP contribution in [0.5, 0.6) is 5.75 Å². The van der Waals surface area contributed by atoms with Gasteiger partial charge in [-0.05, 0) is 113 Å². The van der Waals surface area contributed by atoms with Crippen molar-refractivity contribution in [2.75, 3.05) is 19.0 Å². The van der Waals surface area contributed by atoms with E-state index in [-0.39, 0.29) is 5.82 Å². The van der Waals surface area contributed by atoms with E-state index in [4.69, 9.17) is 4.74 Å². The number of halogens is 1. The van der Waals surface area contributed by atoms with E-state index in [1.165, 1.54) is 24.6 Å². The number of pyridine rings is 1. The molecular formula is C34H46FN2O2P. The molecule has 2 atom stereocenters. The number of aryl methyl sites for hydroxylation is 1. The third-order valence-electron chi connectivity index (χ3n) is 8.27. The molecular weight excluding hydrogens is 518 g/mol. The Morgan fingerprint density at radius 3 is 2.42 bits per heavy atom. The van der Waals surface area contributed by atoms with Crippen LogP contribution in [-0.2, 0) is 17.7 Å².